The predicted octanol–water partition coefficient (Wildman–Crippen LogP) is 4.87. The zero-order valence-electron chi connectivity index (χ0n) is 17.8. The third kappa shape index (κ3) is 3.13. The van der Waals surface area contributed by atoms with E-state index < -0.39 is 0 Å². The summed E-state index contributed by atoms with van der Waals surface area (Å²) < 4.78 is 12.2. The number of nitrogens with one attached hydrogen (secondary N) is 1. The second kappa shape index (κ2) is 6.80. The highest BCUT2D eigenvalue weighted by Gasteiger charge is 2.69. The summed E-state index contributed by atoms with van der Waals surface area (Å²) in [5.41, 5.74) is 4.38. The maximum Gasteiger partial charge on any atom is 0.230 e. The molecule has 2 heterocycles. The van der Waals surface area contributed by atoms with E-state index in [0.29, 0.717) is 18.4 Å². The molecule has 156 valence electrons. The Morgan fingerprint density at radius 1 is 1.19 bits per heavy atom. The van der Waals surface area contributed by atoms with E-state index in [-0.39, 0.29) is 17.1 Å². The van der Waals surface area contributed by atoms with E-state index in [1.165, 1.54) is 6.08 Å². The second-order valence-electron chi connectivity index (χ2n) is 9.04. The molecule has 3 saturated carbocycles. The number of rotatable bonds is 5. The minimum Gasteiger partial charge on any atom is -0.438 e. The van der Waals surface area contributed by atoms with E-state index in [1.807, 2.05) is 39.0 Å². The Bertz CT molecular complexity index is 1160. The number of ether oxygens (including phenoxy) is 2. The standard InChI is InChI=1S/C24H23N5O2/c1-14-7-17(5-4-6-25)8-15(2)20(14)31-21-19-16(3)30-9-18(19)27-22(28-21)29-24-10-23(11-24,12-24)13-26/h4-5,7-8,16H,9-12H2,1-3H3,(H,27,28,29)/b5-4+. The summed E-state index contributed by atoms with van der Waals surface area (Å²) in [7, 11) is 0. The fourth-order valence-corrected chi connectivity index (χ4v) is 5.18. The molecule has 0 radical (unpaired) electrons. The Labute approximate surface area is 181 Å². The molecule has 1 atom stereocenters. The Morgan fingerprint density at radius 3 is 2.55 bits per heavy atom. The first-order chi connectivity index (χ1) is 14.9. The van der Waals surface area contributed by atoms with Gasteiger partial charge in [-0.05, 0) is 74.9 Å². The van der Waals surface area contributed by atoms with Crippen molar-refractivity contribution in [3.8, 4) is 23.8 Å². The van der Waals surface area contributed by atoms with E-state index in [9.17, 15) is 5.26 Å². The van der Waals surface area contributed by atoms with Crippen molar-refractivity contribution in [1.82, 2.24) is 9.97 Å². The molecule has 7 nitrogen and oxygen atoms in total. The highest BCUT2D eigenvalue weighted by molar-refractivity contribution is 5.58. The van der Waals surface area contributed by atoms with Gasteiger partial charge in [0.25, 0.3) is 0 Å². The lowest BCUT2D eigenvalue weighted by atomic mass is 9.40. The van der Waals surface area contributed by atoms with Gasteiger partial charge in [0.1, 0.15) is 5.75 Å². The molecule has 2 bridgehead atoms. The first kappa shape index (κ1) is 19.5. The number of anilines is 1. The minimum absolute atomic E-state index is 0.0626. The summed E-state index contributed by atoms with van der Waals surface area (Å²) >= 11 is 0. The highest BCUT2D eigenvalue weighted by Crippen LogP contribution is 2.67. The molecule has 1 N–H and O–H groups in total. The van der Waals surface area contributed by atoms with E-state index in [0.717, 1.165) is 53.0 Å². The van der Waals surface area contributed by atoms with Crippen LogP contribution in [-0.2, 0) is 11.3 Å². The number of allylic oxidation sites excluding steroid dienone is 1. The molecule has 6 rings (SSSR count). The number of nitrogens with zero attached hydrogens (tertiary/aromatic N) is 4. The average molecular weight is 413 g/mol. The number of hydrogen-bond acceptors (Lipinski definition) is 7. The molecule has 31 heavy (non-hydrogen) atoms. The Morgan fingerprint density at radius 2 is 1.90 bits per heavy atom. The minimum atomic E-state index is -0.144. The van der Waals surface area contributed by atoms with Crippen LogP contribution in [0.3, 0.4) is 0 Å². The quantitative estimate of drug-likeness (QED) is 0.697. The molecule has 1 aromatic carbocycles. The maximum absolute atomic E-state index is 9.28. The fourth-order valence-electron chi connectivity index (χ4n) is 5.18. The Hall–Kier alpha value is -3.42. The normalized spacial score (nSPS) is 27.6. The zero-order valence-corrected chi connectivity index (χ0v) is 17.8. The van der Waals surface area contributed by atoms with Crippen molar-refractivity contribution < 1.29 is 9.47 Å². The third-order valence-electron chi connectivity index (χ3n) is 6.54. The van der Waals surface area contributed by atoms with Crippen LogP contribution in [0, 0.1) is 41.9 Å². The SMILES string of the molecule is Cc1cc(/C=C/C#N)cc(C)c1Oc1nc(NC23CC(C#N)(C2)C3)nc2c1C(C)OC2. The fraction of sp³-hybridized carbons (Fsp3) is 0.417. The van der Waals surface area contributed by atoms with Crippen molar-refractivity contribution >= 4 is 12.0 Å². The molecule has 1 aliphatic heterocycles. The number of fused-ring (bicyclic) bond motifs is 1. The lowest BCUT2D eigenvalue weighted by molar-refractivity contribution is -0.0665. The van der Waals surface area contributed by atoms with Crippen LogP contribution < -0.4 is 10.1 Å². The van der Waals surface area contributed by atoms with Gasteiger partial charge in [0, 0.05) is 11.6 Å². The van der Waals surface area contributed by atoms with Gasteiger partial charge in [-0.2, -0.15) is 15.5 Å². The van der Waals surface area contributed by atoms with Crippen molar-refractivity contribution in [3.05, 3.63) is 46.2 Å². The van der Waals surface area contributed by atoms with Gasteiger partial charge < -0.3 is 14.8 Å². The van der Waals surface area contributed by atoms with Crippen LogP contribution in [0.4, 0.5) is 5.95 Å². The molecular formula is C24H23N5O2. The molecule has 1 unspecified atom stereocenters. The summed E-state index contributed by atoms with van der Waals surface area (Å²) in [5, 5.41) is 21.5. The van der Waals surface area contributed by atoms with Crippen LogP contribution in [-0.4, -0.2) is 15.5 Å². The van der Waals surface area contributed by atoms with Crippen LogP contribution in [0.5, 0.6) is 11.6 Å². The summed E-state index contributed by atoms with van der Waals surface area (Å²) in [5.74, 6) is 1.78. The molecule has 0 amide bonds. The van der Waals surface area contributed by atoms with Gasteiger partial charge in [0.05, 0.1) is 41.5 Å². The van der Waals surface area contributed by atoms with Crippen molar-refractivity contribution in [2.75, 3.05) is 5.32 Å². The van der Waals surface area contributed by atoms with Crippen molar-refractivity contribution in [2.45, 2.75) is 58.3 Å². The van der Waals surface area contributed by atoms with Gasteiger partial charge >= 0.3 is 0 Å². The molecule has 3 fully saturated rings. The van der Waals surface area contributed by atoms with Crippen LogP contribution >= 0.6 is 0 Å². The van der Waals surface area contributed by atoms with Gasteiger partial charge in [-0.3, -0.25) is 0 Å². The lowest BCUT2D eigenvalue weighted by Crippen LogP contribution is -2.70. The van der Waals surface area contributed by atoms with E-state index >= 15 is 0 Å². The molecule has 2 aromatic rings. The predicted molar refractivity (Wildman–Crippen MR) is 114 cm³/mol. The highest BCUT2D eigenvalue weighted by atomic mass is 16.5. The van der Waals surface area contributed by atoms with Gasteiger partial charge in [-0.1, -0.05) is 0 Å². The van der Waals surface area contributed by atoms with E-state index in [1.54, 1.807) is 6.08 Å². The van der Waals surface area contributed by atoms with Crippen molar-refractivity contribution in [2.24, 2.45) is 5.41 Å². The average Bonchev–Trinajstić information content (AvgIpc) is 3.05. The van der Waals surface area contributed by atoms with Gasteiger partial charge in [0.15, 0.2) is 0 Å². The lowest BCUT2D eigenvalue weighted by Gasteiger charge is -2.66. The Balaban J connectivity index is 1.47. The van der Waals surface area contributed by atoms with Gasteiger partial charge in [-0.15, -0.1) is 0 Å². The van der Waals surface area contributed by atoms with E-state index in [4.69, 9.17) is 19.7 Å². The summed E-state index contributed by atoms with van der Waals surface area (Å²) in [6, 6.07) is 8.42. The monoisotopic (exact) mass is 413 g/mol. The maximum atomic E-state index is 9.28. The molecule has 0 saturated heterocycles. The van der Waals surface area contributed by atoms with Gasteiger partial charge in [-0.25, -0.2) is 4.98 Å². The summed E-state index contributed by atoms with van der Waals surface area (Å²) in [6.07, 6.45) is 5.63. The number of aryl methyl sites for hydroxylation is 2. The number of nitriles is 2. The molecule has 3 aliphatic carbocycles. The number of hydrogen-bond donors (Lipinski definition) is 1. The number of benzene rings is 1. The molecule has 7 heteroatoms. The molecule has 0 spiro atoms. The van der Waals surface area contributed by atoms with Crippen LogP contribution in [0.15, 0.2) is 18.2 Å². The first-order valence-corrected chi connectivity index (χ1v) is 10.4. The summed E-state index contributed by atoms with van der Waals surface area (Å²) in [4.78, 5) is 9.41. The third-order valence-corrected chi connectivity index (χ3v) is 6.54. The second-order valence-corrected chi connectivity index (χ2v) is 9.04. The van der Waals surface area contributed by atoms with Crippen LogP contribution in [0.25, 0.3) is 6.08 Å². The molecular weight excluding hydrogens is 390 g/mol. The van der Waals surface area contributed by atoms with Gasteiger partial charge in [0.2, 0.25) is 11.8 Å². The smallest absolute Gasteiger partial charge is 0.230 e. The topological polar surface area (TPSA) is 104 Å². The van der Waals surface area contributed by atoms with Crippen LogP contribution in [0.1, 0.15) is 60.2 Å². The summed E-state index contributed by atoms with van der Waals surface area (Å²) in [6.45, 7) is 6.36. The molecule has 1 aromatic heterocycles. The molecule has 4 aliphatic rings. The first-order valence-electron chi connectivity index (χ1n) is 10.4. The van der Waals surface area contributed by atoms with E-state index in [2.05, 4.69) is 16.4 Å². The van der Waals surface area contributed by atoms with Crippen LogP contribution in [0.2, 0.25) is 0 Å². The number of aromatic nitrogens is 2. The zero-order chi connectivity index (χ0) is 21.8. The largest absolute Gasteiger partial charge is 0.438 e. The van der Waals surface area contributed by atoms with Crippen molar-refractivity contribution in [3.63, 3.8) is 0 Å². The van der Waals surface area contributed by atoms with Crippen molar-refractivity contribution in [1.29, 1.82) is 10.5 Å². The Kier molecular flexibility index (Phi) is 4.28.